The molecule has 2 fully saturated rings. The lowest BCUT2D eigenvalue weighted by Gasteiger charge is -2.44. The van der Waals surface area contributed by atoms with Crippen LogP contribution < -0.4 is 4.74 Å². The highest BCUT2D eigenvalue weighted by molar-refractivity contribution is 7.82. The molecule has 0 N–H and O–H groups in total. The fourth-order valence-electron chi connectivity index (χ4n) is 5.63. The number of hydrogen-bond donors (Lipinski definition) is 0. The fraction of sp³-hybridized carbons (Fsp3) is 0.750. The Morgan fingerprint density at radius 2 is 1.65 bits per heavy atom. The highest BCUT2D eigenvalue weighted by atomic mass is 32.2. The van der Waals surface area contributed by atoms with Crippen molar-refractivity contribution in [3.8, 4) is 5.75 Å². The molecule has 1 saturated carbocycles. The Labute approximate surface area is 226 Å². The predicted molar refractivity (Wildman–Crippen MR) is 149 cm³/mol. The average molecular weight is 537 g/mol. The summed E-state index contributed by atoms with van der Waals surface area (Å²) in [4.78, 5) is 20.7. The van der Waals surface area contributed by atoms with E-state index in [9.17, 15) is 9.00 Å². The van der Waals surface area contributed by atoms with Crippen LogP contribution in [0.4, 0.5) is 0 Å². The summed E-state index contributed by atoms with van der Waals surface area (Å²) in [6, 6.07) is 5.38. The lowest BCUT2D eigenvalue weighted by molar-refractivity contribution is -0.137. The number of aryl methyl sites for hydroxylation is 2. The van der Waals surface area contributed by atoms with Crippen LogP contribution in [0, 0.1) is 13.8 Å². The van der Waals surface area contributed by atoms with Crippen molar-refractivity contribution in [2.75, 3.05) is 67.1 Å². The molecule has 210 valence electrons. The van der Waals surface area contributed by atoms with E-state index in [0.717, 1.165) is 73.6 Å². The number of carbonyl (C=O) groups is 1. The maximum absolute atomic E-state index is 13.1. The Morgan fingerprint density at radius 3 is 2.19 bits per heavy atom. The first-order valence-electron chi connectivity index (χ1n) is 13.7. The largest absolute Gasteiger partial charge is 0.497 e. The van der Waals surface area contributed by atoms with Gasteiger partial charge in [-0.3, -0.25) is 14.6 Å². The van der Waals surface area contributed by atoms with Crippen LogP contribution in [0.1, 0.15) is 50.7 Å². The Kier molecular flexibility index (Phi) is 11.4. The smallest absolute Gasteiger partial charge is 0.248 e. The highest BCUT2D eigenvalue weighted by Gasteiger charge is 2.31. The van der Waals surface area contributed by atoms with E-state index >= 15 is 0 Å². The number of hydrogen-bond acceptors (Lipinski definition) is 6. The molecule has 1 amide bonds. The van der Waals surface area contributed by atoms with E-state index in [2.05, 4.69) is 23.6 Å². The summed E-state index contributed by atoms with van der Waals surface area (Å²) in [6.07, 6.45) is 4.43. The zero-order chi connectivity index (χ0) is 27.1. The van der Waals surface area contributed by atoms with Crippen molar-refractivity contribution in [3.05, 3.63) is 23.3 Å². The van der Waals surface area contributed by atoms with Crippen LogP contribution in [0.25, 0.3) is 0 Å². The van der Waals surface area contributed by atoms with Gasteiger partial charge in [-0.2, -0.15) is 0 Å². The molecule has 1 aromatic carbocycles. The van der Waals surface area contributed by atoms with Gasteiger partial charge in [-0.25, -0.2) is 8.51 Å². The van der Waals surface area contributed by atoms with Gasteiger partial charge in [-0.1, -0.05) is 0 Å². The number of rotatable bonds is 11. The number of nitrogens with zero attached hydrogens (tertiary/aromatic N) is 4. The number of amides is 1. The molecule has 0 radical (unpaired) electrons. The van der Waals surface area contributed by atoms with Crippen molar-refractivity contribution in [3.63, 3.8) is 0 Å². The van der Waals surface area contributed by atoms with E-state index < -0.39 is 11.0 Å². The monoisotopic (exact) mass is 536 g/mol. The van der Waals surface area contributed by atoms with E-state index in [1.807, 2.05) is 45.0 Å². The topological polar surface area (TPSA) is 65.6 Å². The van der Waals surface area contributed by atoms with Gasteiger partial charge in [-0.15, -0.1) is 0 Å². The zero-order valence-electron chi connectivity index (χ0n) is 24.0. The van der Waals surface area contributed by atoms with Crippen LogP contribution in [-0.2, 0) is 20.5 Å². The van der Waals surface area contributed by atoms with Crippen LogP contribution in [0.2, 0.25) is 0 Å². The summed E-state index contributed by atoms with van der Waals surface area (Å²) in [6.45, 7) is 14.0. The van der Waals surface area contributed by atoms with Crippen molar-refractivity contribution in [1.82, 2.24) is 19.0 Å². The summed E-state index contributed by atoms with van der Waals surface area (Å²) in [5, 5.41) is 0. The molecule has 1 aliphatic heterocycles. The van der Waals surface area contributed by atoms with Crippen LogP contribution in [0.15, 0.2) is 17.0 Å². The van der Waals surface area contributed by atoms with Gasteiger partial charge in [-0.05, 0) is 76.6 Å². The summed E-state index contributed by atoms with van der Waals surface area (Å²) >= 11 is 0. The maximum Gasteiger partial charge on any atom is 0.248 e. The van der Waals surface area contributed by atoms with Crippen LogP contribution in [-0.4, -0.2) is 114 Å². The zero-order valence-corrected chi connectivity index (χ0v) is 24.8. The van der Waals surface area contributed by atoms with Gasteiger partial charge < -0.3 is 14.4 Å². The summed E-state index contributed by atoms with van der Waals surface area (Å²) in [7, 11) is 4.06. The molecule has 3 rings (SSSR count). The first-order valence-corrected chi connectivity index (χ1v) is 14.8. The lowest BCUT2D eigenvalue weighted by atomic mass is 9.89. The summed E-state index contributed by atoms with van der Waals surface area (Å²) < 4.78 is 25.9. The standard InChI is InChI=1S/C28H48N4O4S/c1-21(2)31-12-14-32(15-13-31)25-10-8-24(9-11-25)30(6)27(33)20-36-17-16-29(5)37(34)28-22(3)18-26(35-7)19-23(28)4/h18-19,21,24-25H,8-17,20H2,1-7H3. The minimum atomic E-state index is -1.30. The van der Waals surface area contributed by atoms with Gasteiger partial charge in [0.1, 0.15) is 23.3 Å². The summed E-state index contributed by atoms with van der Waals surface area (Å²) in [5.41, 5.74) is 1.87. The number of carbonyl (C=O) groups excluding carboxylic acids is 1. The predicted octanol–water partition coefficient (Wildman–Crippen LogP) is 3.08. The molecule has 37 heavy (non-hydrogen) atoms. The molecule has 1 aromatic rings. The molecule has 2 aliphatic rings. The van der Waals surface area contributed by atoms with Gasteiger partial charge >= 0.3 is 0 Å². The van der Waals surface area contributed by atoms with E-state index in [-0.39, 0.29) is 12.5 Å². The molecule has 0 bridgehead atoms. The number of ether oxygens (including phenoxy) is 2. The first kappa shape index (κ1) is 30.0. The molecule has 8 nitrogen and oxygen atoms in total. The van der Waals surface area contributed by atoms with Crippen LogP contribution >= 0.6 is 0 Å². The molecule has 1 heterocycles. The van der Waals surface area contributed by atoms with Crippen LogP contribution in [0.5, 0.6) is 5.75 Å². The van der Waals surface area contributed by atoms with Gasteiger partial charge in [0.2, 0.25) is 5.91 Å². The fourth-order valence-corrected chi connectivity index (χ4v) is 6.85. The van der Waals surface area contributed by atoms with Gasteiger partial charge in [0, 0.05) is 64.9 Å². The van der Waals surface area contributed by atoms with Crippen molar-refractivity contribution in [1.29, 1.82) is 0 Å². The normalized spacial score (nSPS) is 22.4. The number of benzene rings is 1. The summed E-state index contributed by atoms with van der Waals surface area (Å²) in [5.74, 6) is 0.793. The molecule has 1 unspecified atom stereocenters. The Bertz CT molecular complexity index is 888. The molecule has 1 saturated heterocycles. The van der Waals surface area contributed by atoms with Crippen molar-refractivity contribution in [2.45, 2.75) is 76.4 Å². The number of piperazine rings is 1. The van der Waals surface area contributed by atoms with Crippen molar-refractivity contribution >= 4 is 16.9 Å². The Morgan fingerprint density at radius 1 is 1.05 bits per heavy atom. The van der Waals surface area contributed by atoms with Crippen molar-refractivity contribution < 1.29 is 18.5 Å². The van der Waals surface area contributed by atoms with Crippen LogP contribution in [0.3, 0.4) is 0 Å². The third-order valence-corrected chi connectivity index (χ3v) is 9.85. The third kappa shape index (κ3) is 7.99. The lowest BCUT2D eigenvalue weighted by Crippen LogP contribution is -2.53. The molecule has 0 spiro atoms. The number of likely N-dealkylation sites (N-methyl/N-ethyl adjacent to an activating group) is 2. The Hall–Kier alpha value is -1.52. The van der Waals surface area contributed by atoms with E-state index in [0.29, 0.717) is 31.3 Å². The van der Waals surface area contributed by atoms with Gasteiger partial charge in [0.05, 0.1) is 18.6 Å². The quantitative estimate of drug-likeness (QED) is 0.405. The molecule has 1 atom stereocenters. The minimum absolute atomic E-state index is 0.0274. The van der Waals surface area contributed by atoms with E-state index in [1.54, 1.807) is 11.4 Å². The number of methoxy groups -OCH3 is 1. The molecular formula is C28H48N4O4S. The third-order valence-electron chi connectivity index (χ3n) is 8.11. The molecule has 1 aliphatic carbocycles. The second kappa shape index (κ2) is 14.0. The maximum atomic E-state index is 13.1. The molecule has 0 aromatic heterocycles. The van der Waals surface area contributed by atoms with Crippen molar-refractivity contribution in [2.24, 2.45) is 0 Å². The average Bonchev–Trinajstić information content (AvgIpc) is 2.89. The minimum Gasteiger partial charge on any atom is -0.497 e. The first-order chi connectivity index (χ1) is 17.6. The molecule has 9 heteroatoms. The second-order valence-electron chi connectivity index (χ2n) is 10.9. The highest BCUT2D eigenvalue weighted by Crippen LogP contribution is 2.28. The second-order valence-corrected chi connectivity index (χ2v) is 12.4. The SMILES string of the molecule is COc1cc(C)c(S(=O)N(C)CCOCC(=O)N(C)C2CCC(N3CCN(C(C)C)CC3)CC2)c(C)c1. The van der Waals surface area contributed by atoms with Gasteiger partial charge in [0.15, 0.2) is 0 Å². The van der Waals surface area contributed by atoms with E-state index in [4.69, 9.17) is 9.47 Å². The van der Waals surface area contributed by atoms with Gasteiger partial charge in [0.25, 0.3) is 0 Å². The van der Waals surface area contributed by atoms with E-state index in [1.165, 1.54) is 0 Å². The molecular weight excluding hydrogens is 488 g/mol. The Balaban J connectivity index is 1.36.